The van der Waals surface area contributed by atoms with Crippen molar-refractivity contribution in [3.8, 4) is 0 Å². The van der Waals surface area contributed by atoms with Gasteiger partial charge in [0.1, 0.15) is 0 Å². The fourth-order valence-corrected chi connectivity index (χ4v) is 1.69. The van der Waals surface area contributed by atoms with E-state index in [2.05, 4.69) is 5.32 Å². The second-order valence-electron chi connectivity index (χ2n) is 4.47. The molecule has 0 bridgehead atoms. The van der Waals surface area contributed by atoms with Crippen molar-refractivity contribution in [2.75, 3.05) is 6.54 Å². The van der Waals surface area contributed by atoms with Gasteiger partial charge in [-0.25, -0.2) is 13.2 Å². The van der Waals surface area contributed by atoms with Crippen molar-refractivity contribution in [1.29, 1.82) is 0 Å². The molecule has 1 aliphatic rings. The molecule has 0 heterocycles. The minimum Gasteiger partial charge on any atom is -0.350 e. The zero-order chi connectivity index (χ0) is 13.3. The molecule has 0 aromatic heterocycles. The van der Waals surface area contributed by atoms with Crippen molar-refractivity contribution in [3.63, 3.8) is 0 Å². The average molecular weight is 295 g/mol. The Bertz CT molecular complexity index is 457. The number of rotatable bonds is 4. The third kappa shape index (κ3) is 3.84. The van der Waals surface area contributed by atoms with Crippen LogP contribution in [-0.2, 0) is 0 Å². The van der Waals surface area contributed by atoms with Gasteiger partial charge in [-0.2, -0.15) is 0 Å². The average Bonchev–Trinajstić information content (AvgIpc) is 3.16. The third-order valence-corrected chi connectivity index (χ3v) is 2.97. The maximum Gasteiger partial charge on any atom is 0.251 e. The van der Waals surface area contributed by atoms with E-state index in [1.807, 2.05) is 0 Å². The number of hydrogen-bond donors (Lipinski definition) is 2. The molecule has 1 fully saturated rings. The maximum atomic E-state index is 12.9. The van der Waals surface area contributed by atoms with E-state index in [0.29, 0.717) is 18.1 Å². The van der Waals surface area contributed by atoms with Gasteiger partial charge in [0, 0.05) is 18.2 Å². The number of halogens is 4. The third-order valence-electron chi connectivity index (χ3n) is 2.97. The Morgan fingerprint density at radius 3 is 2.32 bits per heavy atom. The first-order valence-electron chi connectivity index (χ1n) is 5.67. The van der Waals surface area contributed by atoms with Crippen LogP contribution in [0.1, 0.15) is 23.2 Å². The summed E-state index contributed by atoms with van der Waals surface area (Å²) < 4.78 is 38.5. The molecule has 0 radical (unpaired) electrons. The van der Waals surface area contributed by atoms with E-state index in [1.165, 1.54) is 0 Å². The lowest BCUT2D eigenvalue weighted by molar-refractivity contribution is 0.0949. The van der Waals surface area contributed by atoms with Gasteiger partial charge >= 0.3 is 0 Å². The van der Waals surface area contributed by atoms with Crippen molar-refractivity contribution in [2.24, 2.45) is 11.7 Å². The lowest BCUT2D eigenvalue weighted by Crippen LogP contribution is -2.38. The van der Waals surface area contributed by atoms with E-state index in [4.69, 9.17) is 5.73 Å². The van der Waals surface area contributed by atoms with Crippen LogP contribution in [0.3, 0.4) is 0 Å². The summed E-state index contributed by atoms with van der Waals surface area (Å²) in [4.78, 5) is 11.6. The van der Waals surface area contributed by atoms with Gasteiger partial charge in [-0.05, 0) is 30.9 Å². The summed E-state index contributed by atoms with van der Waals surface area (Å²) in [6.07, 6.45) is 2.08. The molecule has 2 rings (SSSR count). The predicted molar refractivity (Wildman–Crippen MR) is 66.6 cm³/mol. The molecular weight excluding hydrogens is 281 g/mol. The molecular formula is C12H14ClF3N2O. The normalized spacial score (nSPS) is 15.6. The van der Waals surface area contributed by atoms with Gasteiger partial charge in [-0.1, -0.05) is 0 Å². The van der Waals surface area contributed by atoms with Gasteiger partial charge in [0.15, 0.2) is 17.5 Å². The van der Waals surface area contributed by atoms with E-state index < -0.39 is 23.4 Å². The van der Waals surface area contributed by atoms with Gasteiger partial charge in [-0.3, -0.25) is 4.79 Å². The largest absolute Gasteiger partial charge is 0.350 e. The Hall–Kier alpha value is -1.27. The van der Waals surface area contributed by atoms with Crippen LogP contribution in [0, 0.1) is 23.4 Å². The van der Waals surface area contributed by atoms with Crippen molar-refractivity contribution < 1.29 is 18.0 Å². The molecule has 106 valence electrons. The van der Waals surface area contributed by atoms with E-state index in [0.717, 1.165) is 12.8 Å². The van der Waals surface area contributed by atoms with Gasteiger partial charge in [0.05, 0.1) is 0 Å². The van der Waals surface area contributed by atoms with E-state index in [-0.39, 0.29) is 30.6 Å². The summed E-state index contributed by atoms with van der Waals surface area (Å²) in [7, 11) is 0. The fourth-order valence-electron chi connectivity index (χ4n) is 1.69. The Labute approximate surface area is 114 Å². The van der Waals surface area contributed by atoms with E-state index in [1.54, 1.807) is 0 Å². The molecule has 1 aliphatic carbocycles. The summed E-state index contributed by atoms with van der Waals surface area (Å²) in [5.41, 5.74) is 5.51. The molecule has 1 unspecified atom stereocenters. The molecule has 19 heavy (non-hydrogen) atoms. The molecule has 0 saturated heterocycles. The Kier molecular flexibility index (Phi) is 5.20. The van der Waals surface area contributed by atoms with Crippen molar-refractivity contribution in [1.82, 2.24) is 5.32 Å². The molecule has 3 N–H and O–H groups in total. The highest BCUT2D eigenvalue weighted by atomic mass is 35.5. The highest BCUT2D eigenvalue weighted by Crippen LogP contribution is 2.31. The Morgan fingerprint density at radius 1 is 1.32 bits per heavy atom. The number of carbonyl (C=O) groups is 1. The lowest BCUT2D eigenvalue weighted by atomic mass is 10.1. The van der Waals surface area contributed by atoms with E-state index in [9.17, 15) is 18.0 Å². The molecule has 1 aromatic rings. The van der Waals surface area contributed by atoms with Gasteiger partial charge < -0.3 is 11.1 Å². The van der Waals surface area contributed by atoms with Crippen LogP contribution in [0.25, 0.3) is 0 Å². The SMILES string of the molecule is Cl.NC(CNC(=O)c1cc(F)c(F)c(F)c1)C1CC1. The van der Waals surface area contributed by atoms with Crippen molar-refractivity contribution in [2.45, 2.75) is 18.9 Å². The lowest BCUT2D eigenvalue weighted by Gasteiger charge is -2.11. The van der Waals surface area contributed by atoms with Gasteiger partial charge in [0.2, 0.25) is 0 Å². The molecule has 0 spiro atoms. The number of nitrogens with one attached hydrogen (secondary N) is 1. The smallest absolute Gasteiger partial charge is 0.251 e. The van der Waals surface area contributed by atoms with Crippen LogP contribution in [-0.4, -0.2) is 18.5 Å². The standard InChI is InChI=1S/C12H13F3N2O.ClH/c13-8-3-7(4-9(14)11(8)15)12(18)17-5-10(16)6-1-2-6;/h3-4,6,10H,1-2,5,16H2,(H,17,18);1H. The van der Waals surface area contributed by atoms with Crippen molar-refractivity contribution >= 4 is 18.3 Å². The fraction of sp³-hybridized carbons (Fsp3) is 0.417. The summed E-state index contributed by atoms with van der Waals surface area (Å²) in [5, 5.41) is 2.47. The molecule has 7 heteroatoms. The minimum absolute atomic E-state index is 0. The first-order chi connectivity index (χ1) is 8.49. The zero-order valence-electron chi connectivity index (χ0n) is 9.96. The summed E-state index contributed by atoms with van der Waals surface area (Å²) in [6.45, 7) is 0.240. The zero-order valence-corrected chi connectivity index (χ0v) is 10.8. The van der Waals surface area contributed by atoms with Gasteiger partial charge in [0.25, 0.3) is 5.91 Å². The number of nitrogens with two attached hydrogens (primary N) is 1. The second-order valence-corrected chi connectivity index (χ2v) is 4.47. The quantitative estimate of drug-likeness (QED) is 0.835. The Balaban J connectivity index is 0.00000180. The molecule has 1 saturated carbocycles. The highest BCUT2D eigenvalue weighted by Gasteiger charge is 2.28. The van der Waals surface area contributed by atoms with Crippen LogP contribution in [0.15, 0.2) is 12.1 Å². The number of hydrogen-bond acceptors (Lipinski definition) is 2. The monoisotopic (exact) mass is 294 g/mol. The van der Waals surface area contributed by atoms with Crippen LogP contribution in [0.4, 0.5) is 13.2 Å². The molecule has 3 nitrogen and oxygen atoms in total. The van der Waals surface area contributed by atoms with Gasteiger partial charge in [-0.15, -0.1) is 12.4 Å². The number of benzene rings is 1. The first kappa shape index (κ1) is 15.8. The molecule has 0 aliphatic heterocycles. The highest BCUT2D eigenvalue weighted by molar-refractivity contribution is 5.94. The predicted octanol–water partition coefficient (Wildman–Crippen LogP) is 1.99. The molecule has 1 atom stereocenters. The van der Waals surface area contributed by atoms with Crippen molar-refractivity contribution in [3.05, 3.63) is 35.1 Å². The Morgan fingerprint density at radius 2 is 1.84 bits per heavy atom. The first-order valence-corrected chi connectivity index (χ1v) is 5.67. The number of amides is 1. The van der Waals surface area contributed by atoms with Crippen LogP contribution in [0.2, 0.25) is 0 Å². The summed E-state index contributed by atoms with van der Waals surface area (Å²) >= 11 is 0. The van der Waals surface area contributed by atoms with Crippen LogP contribution in [0.5, 0.6) is 0 Å². The maximum absolute atomic E-state index is 12.9. The topological polar surface area (TPSA) is 55.1 Å². The molecule has 1 amide bonds. The minimum atomic E-state index is -1.58. The number of carbonyl (C=O) groups excluding carboxylic acids is 1. The van der Waals surface area contributed by atoms with Crippen LogP contribution >= 0.6 is 12.4 Å². The van der Waals surface area contributed by atoms with E-state index >= 15 is 0 Å². The van der Waals surface area contributed by atoms with Crippen LogP contribution < -0.4 is 11.1 Å². The summed E-state index contributed by atoms with van der Waals surface area (Å²) in [5.74, 6) is -4.60. The molecule has 1 aromatic carbocycles. The summed E-state index contributed by atoms with van der Waals surface area (Å²) in [6, 6.07) is 1.18. The second kappa shape index (κ2) is 6.25.